The highest BCUT2D eigenvalue weighted by Crippen LogP contribution is 2.43. The molecule has 3 aromatic rings. The number of halogens is 2. The number of Topliss-reactive ketones (excluding diaryl/α,β-unsaturated/α-hetero) is 1. The number of ketones is 2. The largest absolute Gasteiger partial charge is 0.372 e. The average molecular weight is 463 g/mol. The van der Waals surface area contributed by atoms with Gasteiger partial charge in [0.2, 0.25) is 0 Å². The van der Waals surface area contributed by atoms with Crippen molar-refractivity contribution >= 4 is 46.1 Å². The lowest BCUT2D eigenvalue weighted by Gasteiger charge is -2.26. The molecule has 6 heteroatoms. The molecule has 0 radical (unpaired) electrons. The van der Waals surface area contributed by atoms with Crippen molar-refractivity contribution in [2.24, 2.45) is 0 Å². The zero-order valence-electron chi connectivity index (χ0n) is 17.1. The van der Waals surface area contributed by atoms with Gasteiger partial charge in [-0.2, -0.15) is 0 Å². The van der Waals surface area contributed by atoms with Crippen molar-refractivity contribution < 1.29 is 9.59 Å². The number of hydrogen-bond acceptors (Lipinski definition) is 4. The minimum absolute atomic E-state index is 0.0503. The molecule has 1 atom stereocenters. The standard InChI is InChI=1S/C26H20Cl2N2O2/c27-17-10-11-18(19(28)14-17)25-24-21(7-4-8-23(24)31)29-22-13-16(9-12-20(22)30-25)26(32)15-5-2-1-3-6-15/h1-3,5-6,9-14,25,29-30H,4,7-8H2/t25-/m0/s1. The van der Waals surface area contributed by atoms with Gasteiger partial charge in [0.05, 0.1) is 17.4 Å². The summed E-state index contributed by atoms with van der Waals surface area (Å²) in [5.41, 5.74) is 5.12. The molecule has 4 nitrogen and oxygen atoms in total. The van der Waals surface area contributed by atoms with Gasteiger partial charge < -0.3 is 10.6 Å². The van der Waals surface area contributed by atoms with E-state index in [9.17, 15) is 9.59 Å². The Hall–Kier alpha value is -3.08. The Kier molecular flexibility index (Phi) is 5.50. The number of carbonyl (C=O) groups excluding carboxylic acids is 2. The van der Waals surface area contributed by atoms with Crippen molar-refractivity contribution in [1.29, 1.82) is 0 Å². The number of hydrogen-bond donors (Lipinski definition) is 2. The van der Waals surface area contributed by atoms with Crippen LogP contribution in [0.3, 0.4) is 0 Å². The number of allylic oxidation sites excluding steroid dienone is 1. The fourth-order valence-electron chi connectivity index (χ4n) is 4.36. The highest BCUT2D eigenvalue weighted by molar-refractivity contribution is 6.35. The quantitative estimate of drug-likeness (QED) is 0.419. The molecule has 0 spiro atoms. The lowest BCUT2D eigenvalue weighted by molar-refractivity contribution is -0.116. The van der Waals surface area contributed by atoms with Crippen molar-refractivity contribution in [3.05, 3.63) is 105 Å². The van der Waals surface area contributed by atoms with Gasteiger partial charge in [0.15, 0.2) is 11.6 Å². The minimum atomic E-state index is -0.410. The molecule has 0 aromatic heterocycles. The van der Waals surface area contributed by atoms with E-state index in [1.807, 2.05) is 36.4 Å². The predicted molar refractivity (Wildman–Crippen MR) is 129 cm³/mol. The van der Waals surface area contributed by atoms with E-state index < -0.39 is 6.04 Å². The first-order valence-electron chi connectivity index (χ1n) is 10.5. The van der Waals surface area contributed by atoms with Crippen LogP contribution in [0, 0.1) is 0 Å². The summed E-state index contributed by atoms with van der Waals surface area (Å²) in [6.45, 7) is 0. The topological polar surface area (TPSA) is 58.2 Å². The Morgan fingerprint density at radius 1 is 0.875 bits per heavy atom. The Bertz CT molecular complexity index is 1270. The fraction of sp³-hybridized carbons (Fsp3) is 0.154. The SMILES string of the molecule is O=C1CCCC2=C1[C@H](c1ccc(Cl)cc1Cl)Nc1ccc(C(=O)c3ccccc3)cc1N2. The molecule has 2 aliphatic rings. The molecule has 1 aliphatic carbocycles. The summed E-state index contributed by atoms with van der Waals surface area (Å²) in [6.07, 6.45) is 2.03. The predicted octanol–water partition coefficient (Wildman–Crippen LogP) is 6.81. The van der Waals surface area contributed by atoms with Crippen LogP contribution in [0.2, 0.25) is 10.0 Å². The number of carbonyl (C=O) groups is 2. The van der Waals surface area contributed by atoms with E-state index in [0.717, 1.165) is 35.5 Å². The van der Waals surface area contributed by atoms with Crippen LogP contribution in [-0.4, -0.2) is 11.6 Å². The van der Waals surface area contributed by atoms with E-state index in [1.54, 1.807) is 30.3 Å². The number of fused-ring (bicyclic) bond motifs is 1. The van der Waals surface area contributed by atoms with E-state index in [2.05, 4.69) is 10.6 Å². The monoisotopic (exact) mass is 462 g/mol. The van der Waals surface area contributed by atoms with Crippen molar-refractivity contribution in [1.82, 2.24) is 0 Å². The summed E-state index contributed by atoms with van der Waals surface area (Å²) >= 11 is 12.6. The Balaban J connectivity index is 1.60. The second-order valence-corrected chi connectivity index (χ2v) is 8.84. The van der Waals surface area contributed by atoms with Crippen LogP contribution in [0.25, 0.3) is 0 Å². The van der Waals surface area contributed by atoms with Crippen LogP contribution in [0.5, 0.6) is 0 Å². The summed E-state index contributed by atoms with van der Waals surface area (Å²) in [4.78, 5) is 26.0. The molecular weight excluding hydrogens is 443 g/mol. The maximum absolute atomic E-state index is 13.0. The molecule has 0 unspecified atom stereocenters. The van der Waals surface area contributed by atoms with Crippen molar-refractivity contribution in [2.45, 2.75) is 25.3 Å². The van der Waals surface area contributed by atoms with Gasteiger partial charge in [0.1, 0.15) is 0 Å². The van der Waals surface area contributed by atoms with Crippen LogP contribution in [0.15, 0.2) is 78.0 Å². The van der Waals surface area contributed by atoms with Crippen LogP contribution < -0.4 is 10.6 Å². The van der Waals surface area contributed by atoms with Gasteiger partial charge in [-0.1, -0.05) is 59.6 Å². The van der Waals surface area contributed by atoms with Gasteiger partial charge >= 0.3 is 0 Å². The molecule has 0 amide bonds. The van der Waals surface area contributed by atoms with Crippen LogP contribution >= 0.6 is 23.2 Å². The van der Waals surface area contributed by atoms with E-state index in [-0.39, 0.29) is 11.6 Å². The Morgan fingerprint density at radius 3 is 2.47 bits per heavy atom. The van der Waals surface area contributed by atoms with Gasteiger partial charge in [-0.05, 0) is 48.7 Å². The molecule has 0 saturated carbocycles. The summed E-state index contributed by atoms with van der Waals surface area (Å²) in [7, 11) is 0. The van der Waals surface area contributed by atoms with Crippen LogP contribution in [0.4, 0.5) is 11.4 Å². The lowest BCUT2D eigenvalue weighted by Crippen LogP contribution is -2.23. The summed E-state index contributed by atoms with van der Waals surface area (Å²) in [5, 5.41) is 7.98. The molecule has 0 fully saturated rings. The molecule has 32 heavy (non-hydrogen) atoms. The molecule has 0 saturated heterocycles. The second-order valence-electron chi connectivity index (χ2n) is 7.99. The van der Waals surface area contributed by atoms with Gasteiger partial charge in [-0.25, -0.2) is 0 Å². The third kappa shape index (κ3) is 3.81. The summed E-state index contributed by atoms with van der Waals surface area (Å²) in [5.74, 6) is 0.0429. The first-order chi connectivity index (χ1) is 15.5. The van der Waals surface area contributed by atoms with Crippen molar-refractivity contribution in [2.75, 3.05) is 10.6 Å². The molecule has 0 bridgehead atoms. The summed E-state index contributed by atoms with van der Waals surface area (Å²) in [6, 6.07) is 19.6. The number of rotatable bonds is 3. The molecule has 3 aromatic carbocycles. The molecule has 160 valence electrons. The minimum Gasteiger partial charge on any atom is -0.372 e. The maximum Gasteiger partial charge on any atom is 0.193 e. The van der Waals surface area contributed by atoms with Crippen molar-refractivity contribution in [3.8, 4) is 0 Å². The van der Waals surface area contributed by atoms with E-state index in [0.29, 0.717) is 33.2 Å². The van der Waals surface area contributed by atoms with Gasteiger partial charge in [0, 0.05) is 38.9 Å². The van der Waals surface area contributed by atoms with E-state index in [4.69, 9.17) is 23.2 Å². The zero-order chi connectivity index (χ0) is 22.2. The third-order valence-electron chi connectivity index (χ3n) is 5.92. The zero-order valence-corrected chi connectivity index (χ0v) is 18.6. The number of benzene rings is 3. The maximum atomic E-state index is 13.0. The van der Waals surface area contributed by atoms with Gasteiger partial charge in [0.25, 0.3) is 0 Å². The van der Waals surface area contributed by atoms with Crippen LogP contribution in [-0.2, 0) is 4.79 Å². The smallest absolute Gasteiger partial charge is 0.193 e. The second kappa shape index (κ2) is 8.45. The molecule has 5 rings (SSSR count). The van der Waals surface area contributed by atoms with Crippen molar-refractivity contribution in [3.63, 3.8) is 0 Å². The highest BCUT2D eigenvalue weighted by Gasteiger charge is 2.33. The molecular formula is C26H20Cl2N2O2. The van der Waals surface area contributed by atoms with Gasteiger partial charge in [-0.15, -0.1) is 0 Å². The van der Waals surface area contributed by atoms with Crippen LogP contribution in [0.1, 0.15) is 46.8 Å². The first-order valence-corrected chi connectivity index (χ1v) is 11.3. The summed E-state index contributed by atoms with van der Waals surface area (Å²) < 4.78 is 0. The normalized spacial score (nSPS) is 17.6. The molecule has 2 N–H and O–H groups in total. The number of nitrogens with one attached hydrogen (secondary N) is 2. The number of anilines is 2. The first kappa shape index (κ1) is 20.8. The molecule has 1 aliphatic heterocycles. The average Bonchev–Trinajstić information content (AvgIpc) is 2.96. The fourth-order valence-corrected chi connectivity index (χ4v) is 4.88. The van der Waals surface area contributed by atoms with Gasteiger partial charge in [-0.3, -0.25) is 9.59 Å². The van der Waals surface area contributed by atoms with E-state index >= 15 is 0 Å². The van der Waals surface area contributed by atoms with E-state index in [1.165, 1.54) is 0 Å². The Morgan fingerprint density at radius 2 is 1.69 bits per heavy atom. The highest BCUT2D eigenvalue weighted by atomic mass is 35.5. The lowest BCUT2D eigenvalue weighted by atomic mass is 9.86. The molecule has 1 heterocycles. The third-order valence-corrected chi connectivity index (χ3v) is 6.48. The Labute approximate surface area is 196 Å².